The first kappa shape index (κ1) is 9.86. The highest BCUT2D eigenvalue weighted by atomic mass is 19.1. The monoisotopic (exact) mass is 206 g/mol. The topological polar surface area (TPSA) is 48.9 Å². The molecule has 0 aliphatic heterocycles. The predicted octanol–water partition coefficient (Wildman–Crippen LogP) is 1.82. The van der Waals surface area contributed by atoms with E-state index in [1.807, 2.05) is 0 Å². The van der Waals surface area contributed by atoms with Crippen molar-refractivity contribution in [2.75, 3.05) is 0 Å². The Morgan fingerprint density at radius 3 is 2.67 bits per heavy atom. The summed E-state index contributed by atoms with van der Waals surface area (Å²) in [6.07, 6.45) is 3.08. The number of halogens is 1. The summed E-state index contributed by atoms with van der Waals surface area (Å²) >= 11 is 0. The number of aliphatic hydroxyl groups is 1. The molecule has 3 nitrogen and oxygen atoms in total. The zero-order valence-corrected chi connectivity index (χ0v) is 8.02. The molecule has 0 bridgehead atoms. The summed E-state index contributed by atoms with van der Waals surface area (Å²) in [7, 11) is 0. The number of benzene rings is 1. The number of H-pyrrole nitrogens is 1. The molecule has 2 N–H and O–H groups in total. The van der Waals surface area contributed by atoms with Gasteiger partial charge in [0.05, 0.1) is 12.3 Å². The summed E-state index contributed by atoms with van der Waals surface area (Å²) in [5.41, 5.74) is 1.63. The normalized spacial score (nSPS) is 12.7. The van der Waals surface area contributed by atoms with Gasteiger partial charge in [-0.1, -0.05) is 12.1 Å². The molecule has 0 aliphatic rings. The Bertz CT molecular complexity index is 411. The molecule has 4 heteroatoms. The van der Waals surface area contributed by atoms with Crippen LogP contribution in [0.25, 0.3) is 0 Å². The van der Waals surface area contributed by atoms with Crippen molar-refractivity contribution in [1.29, 1.82) is 0 Å². The van der Waals surface area contributed by atoms with Crippen molar-refractivity contribution in [2.24, 2.45) is 0 Å². The highest BCUT2D eigenvalue weighted by Gasteiger charge is 2.09. The fourth-order valence-electron chi connectivity index (χ4n) is 1.40. The average Bonchev–Trinajstić information content (AvgIpc) is 2.74. The van der Waals surface area contributed by atoms with E-state index in [0.29, 0.717) is 6.42 Å². The number of aliphatic hydroxyl groups excluding tert-OH is 1. The Balaban J connectivity index is 2.06. The summed E-state index contributed by atoms with van der Waals surface area (Å²) in [5, 5.41) is 16.2. The molecule has 2 aromatic rings. The van der Waals surface area contributed by atoms with Crippen LogP contribution in [0.3, 0.4) is 0 Å². The molecule has 0 saturated carbocycles. The maximum absolute atomic E-state index is 12.6. The van der Waals surface area contributed by atoms with Gasteiger partial charge in [0.25, 0.3) is 0 Å². The van der Waals surface area contributed by atoms with Gasteiger partial charge in [0.1, 0.15) is 5.82 Å². The minimum atomic E-state index is -0.603. The van der Waals surface area contributed by atoms with Gasteiger partial charge >= 0.3 is 0 Å². The number of hydrogen-bond donors (Lipinski definition) is 2. The largest absolute Gasteiger partial charge is 0.388 e. The third-order valence-electron chi connectivity index (χ3n) is 2.25. The number of nitrogens with zero attached hydrogens (tertiary/aromatic N) is 1. The van der Waals surface area contributed by atoms with Crippen LogP contribution < -0.4 is 0 Å². The smallest absolute Gasteiger partial charge is 0.123 e. The van der Waals surface area contributed by atoms with Crippen LogP contribution in [0.2, 0.25) is 0 Å². The van der Waals surface area contributed by atoms with E-state index in [2.05, 4.69) is 10.2 Å². The Morgan fingerprint density at radius 2 is 2.07 bits per heavy atom. The lowest BCUT2D eigenvalue weighted by Crippen LogP contribution is -2.00. The standard InChI is InChI=1S/C11H11FN2O/c12-10-3-1-8(2-4-10)5-11(15)9-6-13-14-7-9/h1-4,6-7,11,15H,5H2,(H,13,14). The maximum atomic E-state index is 12.6. The summed E-state index contributed by atoms with van der Waals surface area (Å²) in [4.78, 5) is 0. The van der Waals surface area contributed by atoms with Gasteiger partial charge in [0, 0.05) is 18.2 Å². The molecule has 0 amide bonds. The number of aromatic amines is 1. The van der Waals surface area contributed by atoms with Gasteiger partial charge in [-0.05, 0) is 17.7 Å². The molecule has 0 fully saturated rings. The minimum Gasteiger partial charge on any atom is -0.388 e. The Morgan fingerprint density at radius 1 is 1.33 bits per heavy atom. The van der Waals surface area contributed by atoms with Crippen molar-refractivity contribution in [3.05, 3.63) is 53.6 Å². The second-order valence-corrected chi connectivity index (χ2v) is 3.38. The number of rotatable bonds is 3. The van der Waals surface area contributed by atoms with Crippen LogP contribution in [-0.4, -0.2) is 15.3 Å². The van der Waals surface area contributed by atoms with Gasteiger partial charge in [-0.3, -0.25) is 5.10 Å². The molecule has 0 spiro atoms. The van der Waals surface area contributed by atoms with Crippen LogP contribution in [0, 0.1) is 5.82 Å². The van der Waals surface area contributed by atoms with E-state index in [-0.39, 0.29) is 5.82 Å². The van der Waals surface area contributed by atoms with E-state index in [1.165, 1.54) is 12.1 Å². The third kappa shape index (κ3) is 2.41. The first-order chi connectivity index (χ1) is 7.25. The SMILES string of the molecule is OC(Cc1ccc(F)cc1)c1cn[nH]c1. The van der Waals surface area contributed by atoms with E-state index >= 15 is 0 Å². The van der Waals surface area contributed by atoms with Gasteiger partial charge in [0.15, 0.2) is 0 Å². The van der Waals surface area contributed by atoms with Crippen LogP contribution in [0.5, 0.6) is 0 Å². The van der Waals surface area contributed by atoms with Gasteiger partial charge < -0.3 is 5.11 Å². The maximum Gasteiger partial charge on any atom is 0.123 e. The lowest BCUT2D eigenvalue weighted by atomic mass is 10.0. The number of nitrogens with one attached hydrogen (secondary N) is 1. The van der Waals surface area contributed by atoms with Crippen LogP contribution in [0.1, 0.15) is 17.2 Å². The van der Waals surface area contributed by atoms with Crippen LogP contribution in [0.15, 0.2) is 36.7 Å². The Kier molecular flexibility index (Phi) is 2.78. The summed E-state index contributed by atoms with van der Waals surface area (Å²) in [5.74, 6) is -0.267. The highest BCUT2D eigenvalue weighted by Crippen LogP contribution is 2.16. The average molecular weight is 206 g/mol. The second-order valence-electron chi connectivity index (χ2n) is 3.38. The minimum absolute atomic E-state index is 0.267. The van der Waals surface area contributed by atoms with E-state index in [0.717, 1.165) is 11.1 Å². The quantitative estimate of drug-likeness (QED) is 0.804. The Labute approximate surface area is 86.6 Å². The molecule has 0 saturated heterocycles. The van der Waals surface area contributed by atoms with E-state index < -0.39 is 6.10 Å². The van der Waals surface area contributed by atoms with Crippen LogP contribution >= 0.6 is 0 Å². The summed E-state index contributed by atoms with van der Waals surface area (Å²) in [6, 6.07) is 6.10. The van der Waals surface area contributed by atoms with Crippen molar-refractivity contribution in [3.63, 3.8) is 0 Å². The molecule has 1 atom stereocenters. The summed E-state index contributed by atoms with van der Waals surface area (Å²) in [6.45, 7) is 0. The molecule has 15 heavy (non-hydrogen) atoms. The van der Waals surface area contributed by atoms with Gasteiger partial charge in [-0.25, -0.2) is 4.39 Å². The first-order valence-electron chi connectivity index (χ1n) is 4.67. The van der Waals surface area contributed by atoms with Crippen molar-refractivity contribution in [1.82, 2.24) is 10.2 Å². The molecular weight excluding hydrogens is 195 g/mol. The Hall–Kier alpha value is -1.68. The molecule has 0 aliphatic carbocycles. The second kappa shape index (κ2) is 4.23. The van der Waals surface area contributed by atoms with Crippen LogP contribution in [-0.2, 0) is 6.42 Å². The van der Waals surface area contributed by atoms with Crippen molar-refractivity contribution < 1.29 is 9.50 Å². The van der Waals surface area contributed by atoms with E-state index in [4.69, 9.17) is 0 Å². The van der Waals surface area contributed by atoms with Gasteiger partial charge in [0.2, 0.25) is 0 Å². The summed E-state index contributed by atoms with van der Waals surface area (Å²) < 4.78 is 12.6. The molecule has 1 aromatic heterocycles. The fraction of sp³-hybridized carbons (Fsp3) is 0.182. The van der Waals surface area contributed by atoms with E-state index in [9.17, 15) is 9.50 Å². The lowest BCUT2D eigenvalue weighted by Gasteiger charge is -2.07. The van der Waals surface area contributed by atoms with Gasteiger partial charge in [-0.15, -0.1) is 0 Å². The zero-order chi connectivity index (χ0) is 10.7. The van der Waals surface area contributed by atoms with Crippen molar-refractivity contribution >= 4 is 0 Å². The fourth-order valence-corrected chi connectivity index (χ4v) is 1.40. The molecule has 78 valence electrons. The lowest BCUT2D eigenvalue weighted by molar-refractivity contribution is 0.178. The molecule has 0 radical (unpaired) electrons. The molecule has 1 unspecified atom stereocenters. The first-order valence-corrected chi connectivity index (χ1v) is 4.67. The van der Waals surface area contributed by atoms with Gasteiger partial charge in [-0.2, -0.15) is 5.10 Å². The zero-order valence-electron chi connectivity index (χ0n) is 8.02. The third-order valence-corrected chi connectivity index (χ3v) is 2.25. The molecular formula is C11H11FN2O. The number of hydrogen-bond acceptors (Lipinski definition) is 2. The van der Waals surface area contributed by atoms with E-state index in [1.54, 1.807) is 24.5 Å². The highest BCUT2D eigenvalue weighted by molar-refractivity contribution is 5.19. The van der Waals surface area contributed by atoms with Crippen LogP contribution in [0.4, 0.5) is 4.39 Å². The molecule has 2 rings (SSSR count). The van der Waals surface area contributed by atoms with Crippen molar-refractivity contribution in [3.8, 4) is 0 Å². The van der Waals surface area contributed by atoms with Crippen molar-refractivity contribution in [2.45, 2.75) is 12.5 Å². The molecule has 1 aromatic carbocycles. The predicted molar refractivity (Wildman–Crippen MR) is 53.7 cm³/mol. The molecule has 1 heterocycles. The number of aromatic nitrogens is 2.